The molecule has 0 aliphatic heterocycles. The van der Waals surface area contributed by atoms with Crippen LogP contribution in [-0.4, -0.2) is 4.98 Å². The predicted molar refractivity (Wildman–Crippen MR) is 76.9 cm³/mol. The van der Waals surface area contributed by atoms with Gasteiger partial charge >= 0.3 is 0 Å². The molecule has 1 unspecified atom stereocenters. The van der Waals surface area contributed by atoms with E-state index in [9.17, 15) is 8.78 Å². The summed E-state index contributed by atoms with van der Waals surface area (Å²) in [7, 11) is 0. The summed E-state index contributed by atoms with van der Waals surface area (Å²) in [4.78, 5) is 4.30. The summed E-state index contributed by atoms with van der Waals surface area (Å²) in [5, 5.41) is 0. The first kappa shape index (κ1) is 15.0. The fraction of sp³-hybridized carbons (Fsp3) is 0.214. The molecule has 3 nitrogen and oxygen atoms in total. The molecule has 1 aromatic heterocycles. The second kappa shape index (κ2) is 5.95. The minimum atomic E-state index is -0.805. The van der Waals surface area contributed by atoms with Gasteiger partial charge in [0, 0.05) is 17.0 Å². The molecule has 2 aromatic rings. The molecule has 0 aliphatic carbocycles. The Bertz CT molecular complexity index is 647. The predicted octanol–water partition coefficient (Wildman–Crippen LogP) is 3.29. The van der Waals surface area contributed by atoms with E-state index < -0.39 is 17.7 Å². The highest BCUT2D eigenvalue weighted by atomic mass is 79.9. The summed E-state index contributed by atoms with van der Waals surface area (Å²) in [6.45, 7) is 3.63. The van der Waals surface area contributed by atoms with Crippen molar-refractivity contribution in [1.82, 2.24) is 10.4 Å². The van der Waals surface area contributed by atoms with Crippen molar-refractivity contribution in [3.05, 3.63) is 62.9 Å². The van der Waals surface area contributed by atoms with Gasteiger partial charge in [0.25, 0.3) is 0 Å². The number of hydrazine groups is 1. The smallest absolute Gasteiger partial charge is 0.145 e. The molecule has 0 radical (unpaired) electrons. The number of nitrogens with zero attached hydrogens (tertiary/aromatic N) is 1. The number of halogens is 3. The number of aromatic nitrogens is 1. The van der Waals surface area contributed by atoms with Crippen molar-refractivity contribution in [2.75, 3.05) is 0 Å². The zero-order valence-electron chi connectivity index (χ0n) is 11.0. The van der Waals surface area contributed by atoms with Gasteiger partial charge in [0.15, 0.2) is 0 Å². The Balaban J connectivity index is 2.61. The van der Waals surface area contributed by atoms with E-state index in [0.29, 0.717) is 11.3 Å². The second-order valence-corrected chi connectivity index (χ2v) is 5.34. The van der Waals surface area contributed by atoms with Gasteiger partial charge in [-0.25, -0.2) is 14.2 Å². The van der Waals surface area contributed by atoms with Gasteiger partial charge in [-0.2, -0.15) is 0 Å². The normalized spacial score (nSPS) is 12.5. The Morgan fingerprint density at radius 3 is 2.50 bits per heavy atom. The highest BCUT2D eigenvalue weighted by Crippen LogP contribution is 2.31. The van der Waals surface area contributed by atoms with E-state index in [2.05, 4.69) is 26.3 Å². The number of rotatable bonds is 3. The van der Waals surface area contributed by atoms with Crippen LogP contribution in [0.5, 0.6) is 0 Å². The third-order valence-electron chi connectivity index (χ3n) is 3.11. The Morgan fingerprint density at radius 2 is 1.90 bits per heavy atom. The van der Waals surface area contributed by atoms with Crippen LogP contribution < -0.4 is 11.3 Å². The van der Waals surface area contributed by atoms with Crippen molar-refractivity contribution < 1.29 is 8.78 Å². The first-order valence-corrected chi connectivity index (χ1v) is 6.78. The molecule has 3 N–H and O–H groups in total. The van der Waals surface area contributed by atoms with E-state index in [-0.39, 0.29) is 10.0 Å². The van der Waals surface area contributed by atoms with Crippen LogP contribution in [0.3, 0.4) is 0 Å². The zero-order chi connectivity index (χ0) is 14.9. The van der Waals surface area contributed by atoms with E-state index in [4.69, 9.17) is 5.84 Å². The average molecular weight is 342 g/mol. The molecule has 0 aliphatic rings. The van der Waals surface area contributed by atoms with Gasteiger partial charge in [0.1, 0.15) is 11.6 Å². The minimum Gasteiger partial charge on any atom is -0.271 e. The van der Waals surface area contributed by atoms with Gasteiger partial charge in [-0.15, -0.1) is 0 Å². The fourth-order valence-electron chi connectivity index (χ4n) is 2.14. The van der Waals surface area contributed by atoms with E-state index in [1.54, 1.807) is 19.1 Å². The van der Waals surface area contributed by atoms with Gasteiger partial charge < -0.3 is 0 Å². The number of nitrogens with one attached hydrogen (secondary N) is 1. The molecule has 1 aromatic carbocycles. The van der Waals surface area contributed by atoms with Crippen molar-refractivity contribution >= 4 is 15.9 Å². The Kier molecular flexibility index (Phi) is 4.47. The number of hydrogen-bond donors (Lipinski definition) is 2. The highest BCUT2D eigenvalue weighted by molar-refractivity contribution is 9.10. The summed E-state index contributed by atoms with van der Waals surface area (Å²) in [5.41, 5.74) is 4.47. The topological polar surface area (TPSA) is 50.9 Å². The molecule has 0 bridgehead atoms. The number of aryl methyl sites for hydroxylation is 2. The Morgan fingerprint density at radius 1 is 1.20 bits per heavy atom. The quantitative estimate of drug-likeness (QED) is 0.511. The first-order valence-electron chi connectivity index (χ1n) is 5.99. The largest absolute Gasteiger partial charge is 0.271 e. The molecule has 6 heteroatoms. The molecule has 2 rings (SSSR count). The molecule has 20 heavy (non-hydrogen) atoms. The van der Waals surface area contributed by atoms with Gasteiger partial charge in [0.2, 0.25) is 0 Å². The number of benzene rings is 1. The van der Waals surface area contributed by atoms with E-state index in [1.807, 2.05) is 6.92 Å². The molecule has 0 amide bonds. The number of hydrogen-bond acceptors (Lipinski definition) is 3. The average Bonchev–Trinajstić information content (AvgIpc) is 2.40. The van der Waals surface area contributed by atoms with E-state index in [0.717, 1.165) is 5.69 Å². The summed E-state index contributed by atoms with van der Waals surface area (Å²) in [6.07, 6.45) is 0. The van der Waals surface area contributed by atoms with Crippen LogP contribution in [0.2, 0.25) is 0 Å². The van der Waals surface area contributed by atoms with Gasteiger partial charge in [-0.1, -0.05) is 6.07 Å². The lowest BCUT2D eigenvalue weighted by atomic mass is 9.97. The monoisotopic (exact) mass is 341 g/mol. The lowest BCUT2D eigenvalue weighted by Crippen LogP contribution is -2.31. The molecule has 106 valence electrons. The molecule has 0 saturated carbocycles. The fourth-order valence-corrected chi connectivity index (χ4v) is 2.48. The third kappa shape index (κ3) is 2.72. The van der Waals surface area contributed by atoms with Crippen molar-refractivity contribution in [1.29, 1.82) is 0 Å². The molecule has 0 spiro atoms. The molecule has 0 saturated heterocycles. The lowest BCUT2D eigenvalue weighted by molar-refractivity contribution is 0.506. The Labute approximate surface area is 124 Å². The number of pyridine rings is 1. The van der Waals surface area contributed by atoms with Gasteiger partial charge in [0.05, 0.1) is 10.5 Å². The summed E-state index contributed by atoms with van der Waals surface area (Å²) in [5.74, 6) is 4.17. The van der Waals surface area contributed by atoms with E-state index in [1.165, 1.54) is 12.1 Å². The molecule has 1 atom stereocenters. The second-order valence-electron chi connectivity index (χ2n) is 4.48. The first-order chi connectivity index (χ1) is 9.45. The summed E-state index contributed by atoms with van der Waals surface area (Å²) in [6, 6.07) is 5.26. The van der Waals surface area contributed by atoms with Crippen molar-refractivity contribution in [3.8, 4) is 0 Å². The minimum absolute atomic E-state index is 0.129. The highest BCUT2D eigenvalue weighted by Gasteiger charge is 2.24. The molecule has 1 heterocycles. The number of nitrogens with two attached hydrogens (primary N) is 1. The standard InChI is InChI=1S/C14H14BrF2N3/c1-7-3-4-9(8(2)19-7)14(20-18)12-11(16)6-5-10(15)13(12)17/h3-6,14,20H,18H2,1-2H3. The maximum atomic E-state index is 14.2. The van der Waals surface area contributed by atoms with Crippen LogP contribution in [0, 0.1) is 25.5 Å². The van der Waals surface area contributed by atoms with Crippen LogP contribution in [0.25, 0.3) is 0 Å². The zero-order valence-corrected chi connectivity index (χ0v) is 12.6. The van der Waals surface area contributed by atoms with Crippen molar-refractivity contribution in [3.63, 3.8) is 0 Å². The third-order valence-corrected chi connectivity index (χ3v) is 3.72. The maximum Gasteiger partial charge on any atom is 0.145 e. The molecular formula is C14H14BrF2N3. The van der Waals surface area contributed by atoms with E-state index >= 15 is 0 Å². The van der Waals surface area contributed by atoms with Crippen LogP contribution in [0.15, 0.2) is 28.7 Å². The molecular weight excluding hydrogens is 328 g/mol. The van der Waals surface area contributed by atoms with Crippen LogP contribution in [0.4, 0.5) is 8.78 Å². The van der Waals surface area contributed by atoms with Gasteiger partial charge in [-0.05, 0) is 53.5 Å². The van der Waals surface area contributed by atoms with Gasteiger partial charge in [-0.3, -0.25) is 10.8 Å². The molecule has 0 fully saturated rings. The van der Waals surface area contributed by atoms with Crippen LogP contribution in [0.1, 0.15) is 28.6 Å². The lowest BCUT2D eigenvalue weighted by Gasteiger charge is -2.20. The Hall–Kier alpha value is -1.37. The maximum absolute atomic E-state index is 14.2. The van der Waals surface area contributed by atoms with Crippen LogP contribution >= 0.6 is 15.9 Å². The van der Waals surface area contributed by atoms with Crippen LogP contribution in [-0.2, 0) is 0 Å². The summed E-state index contributed by atoms with van der Waals surface area (Å²) < 4.78 is 28.4. The summed E-state index contributed by atoms with van der Waals surface area (Å²) >= 11 is 3.05. The SMILES string of the molecule is Cc1ccc(C(NN)c2c(F)ccc(Br)c2F)c(C)n1. The van der Waals surface area contributed by atoms with Crippen molar-refractivity contribution in [2.24, 2.45) is 5.84 Å². The van der Waals surface area contributed by atoms with Crippen molar-refractivity contribution in [2.45, 2.75) is 19.9 Å².